The Balaban J connectivity index is 2.44. The lowest BCUT2D eigenvalue weighted by Gasteiger charge is -2.43. The number of nitrogens with two attached hydrogens (primary N) is 1. The number of amides is 1. The lowest BCUT2D eigenvalue weighted by molar-refractivity contribution is -0.384. The molecule has 1 aliphatic rings. The molecule has 2 rings (SSSR count). The molecule has 1 unspecified atom stereocenters. The number of nitrogens with zero attached hydrogens (tertiary/aromatic N) is 1. The maximum absolute atomic E-state index is 12.0. The SMILES string of the molecule is CC(=O)O[C@H]1[C@H](OC(C)=O)[C@@H](OC(C)=O)C(Nc2ccc([N+](=O)[O-])cc2)O[C@@H]1C(N)=O. The molecule has 5 atom stereocenters. The number of rotatable bonds is 7. The van der Waals surface area contributed by atoms with Gasteiger partial charge in [0.15, 0.2) is 30.6 Å². The first-order valence-electron chi connectivity index (χ1n) is 8.97. The van der Waals surface area contributed by atoms with E-state index in [9.17, 15) is 29.3 Å². The van der Waals surface area contributed by atoms with Gasteiger partial charge in [0.05, 0.1) is 4.92 Å². The second-order valence-electron chi connectivity index (χ2n) is 6.55. The van der Waals surface area contributed by atoms with Gasteiger partial charge in [-0.15, -0.1) is 0 Å². The Bertz CT molecular complexity index is 872. The molecule has 168 valence electrons. The first-order chi connectivity index (χ1) is 14.5. The molecule has 0 aromatic heterocycles. The summed E-state index contributed by atoms with van der Waals surface area (Å²) in [5.41, 5.74) is 5.50. The molecule has 1 fully saturated rings. The fraction of sp³-hybridized carbons (Fsp3) is 0.444. The van der Waals surface area contributed by atoms with E-state index >= 15 is 0 Å². The third-order valence-electron chi connectivity index (χ3n) is 4.11. The van der Waals surface area contributed by atoms with Gasteiger partial charge in [-0.25, -0.2) is 0 Å². The predicted octanol–water partition coefficient (Wildman–Crippen LogP) is 0.0120. The number of primary amides is 1. The summed E-state index contributed by atoms with van der Waals surface area (Å²) in [4.78, 5) is 57.1. The number of carbonyl (C=O) groups is 4. The van der Waals surface area contributed by atoms with Crippen molar-refractivity contribution in [2.24, 2.45) is 5.73 Å². The van der Waals surface area contributed by atoms with Crippen molar-refractivity contribution in [2.75, 3.05) is 5.32 Å². The zero-order valence-electron chi connectivity index (χ0n) is 16.8. The van der Waals surface area contributed by atoms with E-state index in [1.54, 1.807) is 0 Å². The Morgan fingerprint density at radius 1 is 0.935 bits per heavy atom. The van der Waals surface area contributed by atoms with Crippen LogP contribution in [0, 0.1) is 10.1 Å². The summed E-state index contributed by atoms with van der Waals surface area (Å²) < 4.78 is 21.1. The summed E-state index contributed by atoms with van der Waals surface area (Å²) in [6.45, 7) is 3.23. The van der Waals surface area contributed by atoms with Crippen molar-refractivity contribution < 1.29 is 43.0 Å². The fourth-order valence-corrected chi connectivity index (χ4v) is 3.00. The monoisotopic (exact) mass is 439 g/mol. The Labute approximate surface area is 175 Å². The van der Waals surface area contributed by atoms with Crippen LogP contribution in [0.15, 0.2) is 24.3 Å². The summed E-state index contributed by atoms with van der Waals surface area (Å²) in [6.07, 6.45) is -7.14. The van der Waals surface area contributed by atoms with Crippen LogP contribution in [0.4, 0.5) is 11.4 Å². The highest BCUT2D eigenvalue weighted by Crippen LogP contribution is 2.30. The Morgan fingerprint density at radius 2 is 1.42 bits per heavy atom. The number of nitro benzene ring substituents is 1. The van der Waals surface area contributed by atoms with Gasteiger partial charge in [-0.05, 0) is 12.1 Å². The number of carbonyl (C=O) groups excluding carboxylic acids is 4. The quantitative estimate of drug-likeness (QED) is 0.252. The number of benzene rings is 1. The van der Waals surface area contributed by atoms with E-state index in [2.05, 4.69) is 5.32 Å². The highest BCUT2D eigenvalue weighted by atomic mass is 16.7. The molecule has 3 N–H and O–H groups in total. The maximum atomic E-state index is 12.0. The minimum Gasteiger partial charge on any atom is -0.455 e. The van der Waals surface area contributed by atoms with Crippen LogP contribution in [0.25, 0.3) is 0 Å². The van der Waals surface area contributed by atoms with Crippen LogP contribution >= 0.6 is 0 Å². The van der Waals surface area contributed by atoms with Crippen LogP contribution in [0.1, 0.15) is 20.8 Å². The molecule has 31 heavy (non-hydrogen) atoms. The van der Waals surface area contributed by atoms with E-state index in [0.29, 0.717) is 5.69 Å². The van der Waals surface area contributed by atoms with Crippen LogP contribution in [0.3, 0.4) is 0 Å². The normalized spacial score (nSPS) is 25.1. The zero-order valence-corrected chi connectivity index (χ0v) is 16.8. The van der Waals surface area contributed by atoms with Crippen LogP contribution in [0.2, 0.25) is 0 Å². The minimum atomic E-state index is -1.56. The number of nitro groups is 1. The lowest BCUT2D eigenvalue weighted by atomic mass is 9.96. The number of hydrogen-bond donors (Lipinski definition) is 2. The third-order valence-corrected chi connectivity index (χ3v) is 4.11. The van der Waals surface area contributed by atoms with E-state index in [1.807, 2.05) is 0 Å². The molecule has 1 aromatic carbocycles. The van der Waals surface area contributed by atoms with Crippen molar-refractivity contribution in [3.8, 4) is 0 Å². The van der Waals surface area contributed by atoms with Crippen molar-refractivity contribution in [3.63, 3.8) is 0 Å². The molecule has 1 amide bonds. The molecule has 0 spiro atoms. The van der Waals surface area contributed by atoms with Gasteiger partial charge in [0, 0.05) is 38.6 Å². The standard InChI is InChI=1S/C18H21N3O10/c1-8(22)28-13-14(29-9(2)23)16(30-10(3)24)18(31-15(13)17(19)25)20-11-4-6-12(7-5-11)21(26)27/h4-7,13-16,18,20H,1-3H3,(H2,19,25)/t13-,14-,15-,16+,18?/m0/s1. The van der Waals surface area contributed by atoms with Crippen LogP contribution < -0.4 is 11.1 Å². The highest BCUT2D eigenvalue weighted by Gasteiger charge is 2.53. The molecule has 1 aromatic rings. The Kier molecular flexibility index (Phi) is 7.47. The molecule has 0 saturated carbocycles. The number of ether oxygens (including phenoxy) is 4. The van der Waals surface area contributed by atoms with Crippen LogP contribution in [-0.4, -0.2) is 59.4 Å². The number of hydrogen-bond acceptors (Lipinski definition) is 11. The van der Waals surface area contributed by atoms with Crippen molar-refractivity contribution in [1.29, 1.82) is 0 Å². The summed E-state index contributed by atoms with van der Waals surface area (Å²) in [6, 6.07) is 5.13. The number of esters is 3. The molecule has 1 saturated heterocycles. The molecule has 0 bridgehead atoms. The summed E-state index contributed by atoms with van der Waals surface area (Å²) >= 11 is 0. The lowest BCUT2D eigenvalue weighted by Crippen LogP contribution is -2.65. The second-order valence-corrected chi connectivity index (χ2v) is 6.55. The number of nitrogens with one attached hydrogen (secondary N) is 1. The average molecular weight is 439 g/mol. The number of non-ortho nitro benzene ring substituents is 1. The molecule has 0 aliphatic carbocycles. The van der Waals surface area contributed by atoms with Crippen molar-refractivity contribution in [2.45, 2.75) is 51.4 Å². The zero-order chi connectivity index (χ0) is 23.3. The van der Waals surface area contributed by atoms with Crippen LogP contribution in [0.5, 0.6) is 0 Å². The summed E-state index contributed by atoms with van der Waals surface area (Å²) in [5, 5.41) is 13.6. The van der Waals surface area contributed by atoms with Crippen LogP contribution in [-0.2, 0) is 38.1 Å². The van der Waals surface area contributed by atoms with Gasteiger partial charge in [-0.3, -0.25) is 29.3 Å². The van der Waals surface area contributed by atoms with E-state index in [-0.39, 0.29) is 5.69 Å². The van der Waals surface area contributed by atoms with E-state index < -0.39 is 59.4 Å². The van der Waals surface area contributed by atoms with Gasteiger partial charge in [0.1, 0.15) is 0 Å². The predicted molar refractivity (Wildman–Crippen MR) is 101 cm³/mol. The summed E-state index contributed by atoms with van der Waals surface area (Å²) in [5.74, 6) is -3.43. The van der Waals surface area contributed by atoms with E-state index in [1.165, 1.54) is 24.3 Å². The first kappa shape index (κ1) is 23.5. The highest BCUT2D eigenvalue weighted by molar-refractivity contribution is 5.81. The fourth-order valence-electron chi connectivity index (χ4n) is 3.00. The number of anilines is 1. The molecule has 13 nitrogen and oxygen atoms in total. The topological polar surface area (TPSA) is 186 Å². The Hall–Kier alpha value is -3.74. The summed E-state index contributed by atoms with van der Waals surface area (Å²) in [7, 11) is 0. The van der Waals surface area contributed by atoms with E-state index in [4.69, 9.17) is 24.7 Å². The van der Waals surface area contributed by atoms with Crippen molar-refractivity contribution in [1.82, 2.24) is 0 Å². The molecule has 13 heteroatoms. The molecular formula is C18H21N3O10. The van der Waals surface area contributed by atoms with Gasteiger partial charge >= 0.3 is 17.9 Å². The van der Waals surface area contributed by atoms with Gasteiger partial charge in [-0.2, -0.15) is 0 Å². The van der Waals surface area contributed by atoms with Gasteiger partial charge < -0.3 is 30.0 Å². The molecular weight excluding hydrogens is 418 g/mol. The first-order valence-corrected chi connectivity index (χ1v) is 8.97. The molecule has 1 heterocycles. The average Bonchev–Trinajstić information content (AvgIpc) is 2.65. The van der Waals surface area contributed by atoms with Gasteiger partial charge in [0.2, 0.25) is 0 Å². The Morgan fingerprint density at radius 3 is 1.87 bits per heavy atom. The van der Waals surface area contributed by atoms with E-state index in [0.717, 1.165) is 20.8 Å². The second kappa shape index (κ2) is 9.84. The van der Waals surface area contributed by atoms with Crippen molar-refractivity contribution in [3.05, 3.63) is 34.4 Å². The smallest absolute Gasteiger partial charge is 0.303 e. The van der Waals surface area contributed by atoms with Gasteiger partial charge in [0.25, 0.3) is 11.6 Å². The van der Waals surface area contributed by atoms with Gasteiger partial charge in [-0.1, -0.05) is 0 Å². The maximum Gasteiger partial charge on any atom is 0.303 e. The third kappa shape index (κ3) is 6.12. The molecule has 1 aliphatic heterocycles. The molecule has 0 radical (unpaired) electrons. The van der Waals surface area contributed by atoms with Crippen molar-refractivity contribution >= 4 is 35.2 Å². The largest absolute Gasteiger partial charge is 0.455 e. The minimum absolute atomic E-state index is 0.172.